The number of nitrogens with one attached hydrogen (secondary N) is 1. The van der Waals surface area contributed by atoms with Gasteiger partial charge in [0.15, 0.2) is 0 Å². The third kappa shape index (κ3) is 1.22. The Balaban J connectivity index is 2.83. The highest BCUT2D eigenvalue weighted by molar-refractivity contribution is 5.85. The standard InChI is InChI=1S/C9H17NO2/c1-5(2)6-7(11)9(3,4)8(12)10-6/h5-7,11H,1-4H3,(H,10,12)/t6?,7-/m0/s1. The van der Waals surface area contributed by atoms with Crippen LogP contribution in [0.3, 0.4) is 0 Å². The zero-order valence-corrected chi connectivity index (χ0v) is 8.09. The van der Waals surface area contributed by atoms with Gasteiger partial charge in [-0.1, -0.05) is 13.8 Å². The first-order valence-corrected chi connectivity index (χ1v) is 4.36. The molecule has 1 rings (SSSR count). The molecule has 0 radical (unpaired) electrons. The van der Waals surface area contributed by atoms with Crippen molar-refractivity contribution in [2.24, 2.45) is 11.3 Å². The number of hydrogen-bond donors (Lipinski definition) is 2. The second-order valence-electron chi connectivity index (χ2n) is 4.41. The second-order valence-corrected chi connectivity index (χ2v) is 4.41. The van der Waals surface area contributed by atoms with Crippen molar-refractivity contribution in [1.29, 1.82) is 0 Å². The van der Waals surface area contributed by atoms with Crippen LogP contribution in [0.5, 0.6) is 0 Å². The first-order valence-electron chi connectivity index (χ1n) is 4.36. The van der Waals surface area contributed by atoms with Gasteiger partial charge in [0.05, 0.1) is 17.6 Å². The third-order valence-corrected chi connectivity index (χ3v) is 2.68. The van der Waals surface area contributed by atoms with E-state index in [-0.39, 0.29) is 17.9 Å². The molecule has 1 saturated heterocycles. The molecule has 1 aliphatic rings. The lowest BCUT2D eigenvalue weighted by atomic mass is 9.84. The molecule has 1 aliphatic heterocycles. The predicted octanol–water partition coefficient (Wildman–Crippen LogP) is 0.528. The van der Waals surface area contributed by atoms with Crippen LogP contribution in [0.25, 0.3) is 0 Å². The number of hydrogen-bond acceptors (Lipinski definition) is 2. The molecule has 1 heterocycles. The molecule has 3 nitrogen and oxygen atoms in total. The summed E-state index contributed by atoms with van der Waals surface area (Å²) < 4.78 is 0. The summed E-state index contributed by atoms with van der Waals surface area (Å²) in [5.41, 5.74) is -0.630. The van der Waals surface area contributed by atoms with Gasteiger partial charge in [-0.25, -0.2) is 0 Å². The highest BCUT2D eigenvalue weighted by Gasteiger charge is 2.48. The minimum Gasteiger partial charge on any atom is -0.390 e. The van der Waals surface area contributed by atoms with Gasteiger partial charge >= 0.3 is 0 Å². The summed E-state index contributed by atoms with van der Waals surface area (Å²) in [5, 5.41) is 12.6. The van der Waals surface area contributed by atoms with Gasteiger partial charge in [0.25, 0.3) is 0 Å². The van der Waals surface area contributed by atoms with Crippen LogP contribution in [0.2, 0.25) is 0 Å². The van der Waals surface area contributed by atoms with Crippen molar-refractivity contribution in [3.63, 3.8) is 0 Å². The normalized spacial score (nSPS) is 34.0. The molecule has 0 aliphatic carbocycles. The van der Waals surface area contributed by atoms with Crippen LogP contribution >= 0.6 is 0 Å². The fourth-order valence-corrected chi connectivity index (χ4v) is 1.53. The van der Waals surface area contributed by atoms with Crippen molar-refractivity contribution in [2.45, 2.75) is 39.8 Å². The van der Waals surface area contributed by atoms with Gasteiger partial charge in [0, 0.05) is 0 Å². The van der Waals surface area contributed by atoms with Crippen LogP contribution < -0.4 is 5.32 Å². The van der Waals surface area contributed by atoms with Gasteiger partial charge in [-0.05, 0) is 19.8 Å². The summed E-state index contributed by atoms with van der Waals surface area (Å²) in [6.07, 6.45) is -0.565. The van der Waals surface area contributed by atoms with Gasteiger partial charge < -0.3 is 10.4 Å². The van der Waals surface area contributed by atoms with Crippen LogP contribution in [0.15, 0.2) is 0 Å². The SMILES string of the molecule is CC(C)C1NC(=O)C(C)(C)[C@H]1O. The zero-order valence-electron chi connectivity index (χ0n) is 8.09. The molecule has 0 saturated carbocycles. The van der Waals surface area contributed by atoms with E-state index < -0.39 is 11.5 Å². The molecular formula is C9H17NO2. The maximum absolute atomic E-state index is 11.4. The maximum Gasteiger partial charge on any atom is 0.228 e. The summed E-state index contributed by atoms with van der Waals surface area (Å²) in [7, 11) is 0. The molecule has 0 aromatic carbocycles. The van der Waals surface area contributed by atoms with Gasteiger partial charge in [0.1, 0.15) is 0 Å². The average molecular weight is 171 g/mol. The molecule has 0 bridgehead atoms. The fourth-order valence-electron chi connectivity index (χ4n) is 1.53. The highest BCUT2D eigenvalue weighted by Crippen LogP contribution is 2.31. The molecule has 12 heavy (non-hydrogen) atoms. The smallest absolute Gasteiger partial charge is 0.228 e. The second kappa shape index (κ2) is 2.73. The third-order valence-electron chi connectivity index (χ3n) is 2.68. The summed E-state index contributed by atoms with van der Waals surface area (Å²) in [4.78, 5) is 11.4. The summed E-state index contributed by atoms with van der Waals surface area (Å²) in [6.45, 7) is 7.54. The van der Waals surface area contributed by atoms with Gasteiger partial charge in [-0.3, -0.25) is 4.79 Å². The van der Waals surface area contributed by atoms with E-state index in [1.165, 1.54) is 0 Å². The molecule has 3 heteroatoms. The van der Waals surface area contributed by atoms with Gasteiger partial charge in [0.2, 0.25) is 5.91 Å². The van der Waals surface area contributed by atoms with Crippen LogP contribution in [0, 0.1) is 11.3 Å². The molecule has 0 aromatic rings. The minimum absolute atomic E-state index is 0.0475. The Kier molecular flexibility index (Phi) is 2.17. The number of aliphatic hydroxyl groups excluding tert-OH is 1. The molecule has 0 spiro atoms. The van der Waals surface area contributed by atoms with Crippen molar-refractivity contribution in [1.82, 2.24) is 5.32 Å². The van der Waals surface area contributed by atoms with Crippen molar-refractivity contribution < 1.29 is 9.90 Å². The van der Waals surface area contributed by atoms with Crippen molar-refractivity contribution in [2.75, 3.05) is 0 Å². The molecule has 1 unspecified atom stereocenters. The van der Waals surface area contributed by atoms with Crippen molar-refractivity contribution in [3.05, 3.63) is 0 Å². The Morgan fingerprint density at radius 1 is 1.50 bits per heavy atom. The number of amides is 1. The van der Waals surface area contributed by atoms with E-state index in [0.717, 1.165) is 0 Å². The van der Waals surface area contributed by atoms with E-state index in [1.807, 2.05) is 13.8 Å². The van der Waals surface area contributed by atoms with Gasteiger partial charge in [-0.15, -0.1) is 0 Å². The average Bonchev–Trinajstić information content (AvgIpc) is 2.13. The summed E-state index contributed by atoms with van der Waals surface area (Å²) in [6, 6.07) is -0.0903. The van der Waals surface area contributed by atoms with E-state index in [2.05, 4.69) is 5.32 Å². The zero-order chi connectivity index (χ0) is 9.52. The number of rotatable bonds is 1. The summed E-state index contributed by atoms with van der Waals surface area (Å²) >= 11 is 0. The lowest BCUT2D eigenvalue weighted by Gasteiger charge is -2.23. The molecule has 2 N–H and O–H groups in total. The van der Waals surface area contributed by atoms with Crippen molar-refractivity contribution >= 4 is 5.91 Å². The molecule has 0 aromatic heterocycles. The maximum atomic E-state index is 11.4. The Hall–Kier alpha value is -0.570. The number of carbonyl (C=O) groups excluding carboxylic acids is 1. The molecule has 2 atom stereocenters. The predicted molar refractivity (Wildman–Crippen MR) is 46.6 cm³/mol. The molecular weight excluding hydrogens is 154 g/mol. The Labute approximate surface area is 73.2 Å². The lowest BCUT2D eigenvalue weighted by molar-refractivity contribution is -0.128. The Morgan fingerprint density at radius 2 is 2.00 bits per heavy atom. The quantitative estimate of drug-likeness (QED) is 0.604. The highest BCUT2D eigenvalue weighted by atomic mass is 16.3. The fraction of sp³-hybridized carbons (Fsp3) is 0.889. The van der Waals surface area contributed by atoms with E-state index in [9.17, 15) is 9.90 Å². The number of carbonyl (C=O) groups is 1. The summed E-state index contributed by atoms with van der Waals surface area (Å²) in [5.74, 6) is 0.236. The first-order chi connectivity index (χ1) is 5.37. The van der Waals surface area contributed by atoms with Crippen molar-refractivity contribution in [3.8, 4) is 0 Å². The number of aliphatic hydroxyl groups is 1. The van der Waals surface area contributed by atoms with Crippen LogP contribution in [0.1, 0.15) is 27.7 Å². The van der Waals surface area contributed by atoms with Crippen LogP contribution in [0.4, 0.5) is 0 Å². The Morgan fingerprint density at radius 3 is 2.17 bits per heavy atom. The van der Waals surface area contributed by atoms with E-state index >= 15 is 0 Å². The topological polar surface area (TPSA) is 49.3 Å². The first kappa shape index (κ1) is 9.52. The lowest BCUT2D eigenvalue weighted by Crippen LogP contribution is -2.38. The monoisotopic (exact) mass is 171 g/mol. The van der Waals surface area contributed by atoms with E-state index in [0.29, 0.717) is 0 Å². The minimum atomic E-state index is -0.630. The largest absolute Gasteiger partial charge is 0.390 e. The van der Waals surface area contributed by atoms with Crippen LogP contribution in [-0.2, 0) is 4.79 Å². The van der Waals surface area contributed by atoms with Gasteiger partial charge in [-0.2, -0.15) is 0 Å². The molecule has 1 fully saturated rings. The molecule has 70 valence electrons. The Bertz CT molecular complexity index is 199. The van der Waals surface area contributed by atoms with Crippen LogP contribution in [-0.4, -0.2) is 23.2 Å². The van der Waals surface area contributed by atoms with E-state index in [1.54, 1.807) is 13.8 Å². The van der Waals surface area contributed by atoms with E-state index in [4.69, 9.17) is 0 Å². The molecule has 1 amide bonds.